The number of rotatable bonds is 4. The molecule has 3 aromatic rings. The molecule has 32 heavy (non-hydrogen) atoms. The van der Waals surface area contributed by atoms with Gasteiger partial charge in [0.1, 0.15) is 11.9 Å². The summed E-state index contributed by atoms with van der Waals surface area (Å²) in [6.07, 6.45) is 1.81. The molecule has 168 valence electrons. The highest BCUT2D eigenvalue weighted by molar-refractivity contribution is 9.10. The summed E-state index contributed by atoms with van der Waals surface area (Å²) in [5.74, 6) is 0.519. The highest BCUT2D eigenvalue weighted by Gasteiger charge is 2.39. The van der Waals surface area contributed by atoms with E-state index in [1.54, 1.807) is 4.90 Å². The number of halogens is 1. The maximum Gasteiger partial charge on any atom is 0.405 e. The Bertz CT molecular complexity index is 1170. The Morgan fingerprint density at radius 1 is 1.22 bits per heavy atom. The third-order valence-electron chi connectivity index (χ3n) is 6.59. The Kier molecular flexibility index (Phi) is 5.77. The molecule has 0 aliphatic carbocycles. The summed E-state index contributed by atoms with van der Waals surface area (Å²) in [6, 6.07) is 9.20. The molecule has 0 unspecified atom stereocenters. The second kappa shape index (κ2) is 8.71. The van der Waals surface area contributed by atoms with Crippen LogP contribution in [-0.2, 0) is 9.53 Å². The molecule has 2 aliphatic heterocycles. The van der Waals surface area contributed by atoms with Gasteiger partial charge in [0, 0.05) is 29.6 Å². The van der Waals surface area contributed by atoms with Gasteiger partial charge in [0.05, 0.1) is 17.1 Å². The normalized spacial score (nSPS) is 20.7. The molecule has 2 atom stereocenters. The topological polar surface area (TPSA) is 108 Å². The summed E-state index contributed by atoms with van der Waals surface area (Å²) in [5, 5.41) is 14.0. The van der Waals surface area contributed by atoms with E-state index in [4.69, 9.17) is 9.72 Å². The van der Waals surface area contributed by atoms with Crippen LogP contribution in [0.15, 0.2) is 34.8 Å². The molecular weight excluding hydrogens is 476 g/mol. The summed E-state index contributed by atoms with van der Waals surface area (Å²) < 4.78 is 6.42. The third kappa shape index (κ3) is 3.95. The zero-order valence-corrected chi connectivity index (χ0v) is 19.1. The Hall–Kier alpha value is -2.65. The lowest BCUT2D eigenvalue weighted by Crippen LogP contribution is -2.52. The maximum absolute atomic E-state index is 13.5. The van der Waals surface area contributed by atoms with E-state index in [-0.39, 0.29) is 17.9 Å². The zero-order valence-electron chi connectivity index (χ0n) is 17.5. The molecule has 2 saturated heterocycles. The van der Waals surface area contributed by atoms with Gasteiger partial charge in [-0.25, -0.2) is 9.78 Å². The monoisotopic (exact) mass is 500 g/mol. The second-order valence-electron chi connectivity index (χ2n) is 8.51. The number of likely N-dealkylation sites (tertiary alicyclic amines) is 1. The molecule has 3 N–H and O–H groups in total. The first-order valence-corrected chi connectivity index (χ1v) is 11.8. The summed E-state index contributed by atoms with van der Waals surface area (Å²) in [6.45, 7) is 1.69. The number of carboxylic acid groups (broad SMARTS) is 1. The van der Waals surface area contributed by atoms with Gasteiger partial charge in [-0.1, -0.05) is 28.1 Å². The predicted molar refractivity (Wildman–Crippen MR) is 123 cm³/mol. The number of aromatic amines is 1. The van der Waals surface area contributed by atoms with Crippen molar-refractivity contribution >= 4 is 49.7 Å². The number of benzene rings is 2. The van der Waals surface area contributed by atoms with Crippen LogP contribution in [0.25, 0.3) is 21.8 Å². The molecule has 0 bridgehead atoms. The van der Waals surface area contributed by atoms with E-state index in [0.717, 1.165) is 44.9 Å². The number of carbonyl (C=O) groups is 2. The number of fused-ring (bicyclic) bond motifs is 3. The van der Waals surface area contributed by atoms with Crippen LogP contribution in [0.2, 0.25) is 0 Å². The van der Waals surface area contributed by atoms with Crippen LogP contribution in [0.5, 0.6) is 0 Å². The highest BCUT2D eigenvalue weighted by Crippen LogP contribution is 2.35. The lowest BCUT2D eigenvalue weighted by Gasteiger charge is -2.33. The standard InChI is InChI=1S/C23H25BrN4O4/c24-15-4-5-16-14(12-15)3-6-17-20(16)26-21(25-17)18-2-1-9-28(18)22(29)19(27-23(30)31)13-7-10-32-11-8-13/h3-6,12-13,18-19,27H,1-2,7-11H2,(H,25,26)(H,30,31)/t18-,19-/m0/s1. The van der Waals surface area contributed by atoms with E-state index in [1.165, 1.54) is 0 Å². The molecule has 2 aromatic carbocycles. The summed E-state index contributed by atoms with van der Waals surface area (Å²) in [4.78, 5) is 35.1. The summed E-state index contributed by atoms with van der Waals surface area (Å²) >= 11 is 3.52. The zero-order chi connectivity index (χ0) is 22.2. The minimum absolute atomic E-state index is 0.0633. The van der Waals surface area contributed by atoms with Crippen LogP contribution in [-0.4, -0.2) is 57.8 Å². The number of carbonyl (C=O) groups excluding carboxylic acids is 1. The Labute approximate surface area is 193 Å². The number of nitrogens with zero attached hydrogens (tertiary/aromatic N) is 2. The van der Waals surface area contributed by atoms with E-state index in [0.29, 0.717) is 32.6 Å². The van der Waals surface area contributed by atoms with Crippen molar-refractivity contribution in [1.29, 1.82) is 0 Å². The van der Waals surface area contributed by atoms with E-state index in [1.807, 2.05) is 18.2 Å². The fourth-order valence-corrected chi connectivity index (χ4v) is 5.39. The summed E-state index contributed by atoms with van der Waals surface area (Å²) in [5.41, 5.74) is 1.81. The fourth-order valence-electron chi connectivity index (χ4n) is 5.01. The molecule has 2 aliphatic rings. The van der Waals surface area contributed by atoms with Gasteiger partial charge in [0.25, 0.3) is 0 Å². The molecule has 3 heterocycles. The SMILES string of the molecule is O=C(O)N[C@H](C(=O)N1CCC[C@H]1c1nc2ccc3cc(Br)ccc3c2[nH]1)C1CCOCC1. The van der Waals surface area contributed by atoms with E-state index >= 15 is 0 Å². The number of hydrogen-bond acceptors (Lipinski definition) is 4. The van der Waals surface area contributed by atoms with Crippen molar-refractivity contribution in [2.45, 2.75) is 37.8 Å². The Morgan fingerprint density at radius 2 is 2.03 bits per heavy atom. The first kappa shape index (κ1) is 21.2. The van der Waals surface area contributed by atoms with Gasteiger partial charge in [0.2, 0.25) is 5.91 Å². The minimum Gasteiger partial charge on any atom is -0.465 e. The molecule has 2 amide bonds. The molecule has 8 nitrogen and oxygen atoms in total. The lowest BCUT2D eigenvalue weighted by molar-refractivity contribution is -0.136. The van der Waals surface area contributed by atoms with E-state index < -0.39 is 12.1 Å². The van der Waals surface area contributed by atoms with Crippen molar-refractivity contribution in [1.82, 2.24) is 20.2 Å². The molecule has 5 rings (SSSR count). The lowest BCUT2D eigenvalue weighted by atomic mass is 9.90. The van der Waals surface area contributed by atoms with Crippen LogP contribution < -0.4 is 5.32 Å². The number of imidazole rings is 1. The van der Waals surface area contributed by atoms with Gasteiger partial charge in [-0.2, -0.15) is 0 Å². The summed E-state index contributed by atoms with van der Waals surface area (Å²) in [7, 11) is 0. The van der Waals surface area contributed by atoms with Crippen molar-refractivity contribution in [2.75, 3.05) is 19.8 Å². The van der Waals surface area contributed by atoms with Crippen LogP contribution in [0, 0.1) is 5.92 Å². The van der Waals surface area contributed by atoms with Crippen LogP contribution in [0.1, 0.15) is 37.5 Å². The molecule has 0 saturated carbocycles. The van der Waals surface area contributed by atoms with Crippen LogP contribution in [0.4, 0.5) is 4.79 Å². The average molecular weight is 501 g/mol. The largest absolute Gasteiger partial charge is 0.465 e. The second-order valence-corrected chi connectivity index (χ2v) is 9.43. The van der Waals surface area contributed by atoms with E-state index in [2.05, 4.69) is 38.4 Å². The highest BCUT2D eigenvalue weighted by atomic mass is 79.9. The first-order chi connectivity index (χ1) is 15.5. The average Bonchev–Trinajstić information content (AvgIpc) is 3.44. The van der Waals surface area contributed by atoms with Crippen molar-refractivity contribution < 1.29 is 19.4 Å². The number of hydrogen-bond donors (Lipinski definition) is 3. The van der Waals surface area contributed by atoms with Gasteiger partial charge >= 0.3 is 6.09 Å². The fraction of sp³-hybridized carbons (Fsp3) is 0.435. The quantitative estimate of drug-likeness (QED) is 0.497. The van der Waals surface area contributed by atoms with E-state index in [9.17, 15) is 14.7 Å². The van der Waals surface area contributed by atoms with Crippen LogP contribution >= 0.6 is 15.9 Å². The first-order valence-electron chi connectivity index (χ1n) is 11.0. The third-order valence-corrected chi connectivity index (χ3v) is 7.08. The van der Waals surface area contributed by atoms with Crippen molar-refractivity contribution in [3.05, 3.63) is 40.6 Å². The molecule has 0 spiro atoms. The van der Waals surface area contributed by atoms with Gasteiger partial charge in [-0.15, -0.1) is 0 Å². The number of amides is 2. The maximum atomic E-state index is 13.5. The molecular formula is C23H25BrN4O4. The van der Waals surface area contributed by atoms with Gasteiger partial charge in [-0.05, 0) is 55.2 Å². The van der Waals surface area contributed by atoms with Gasteiger partial charge in [0.15, 0.2) is 0 Å². The van der Waals surface area contributed by atoms with Crippen molar-refractivity contribution in [3.8, 4) is 0 Å². The van der Waals surface area contributed by atoms with Gasteiger partial charge < -0.3 is 25.0 Å². The molecule has 1 aromatic heterocycles. The number of H-pyrrole nitrogens is 1. The number of nitrogens with one attached hydrogen (secondary N) is 2. The van der Waals surface area contributed by atoms with Gasteiger partial charge in [-0.3, -0.25) is 4.79 Å². The van der Waals surface area contributed by atoms with Crippen molar-refractivity contribution in [3.63, 3.8) is 0 Å². The molecule has 0 radical (unpaired) electrons. The smallest absolute Gasteiger partial charge is 0.405 e. The van der Waals surface area contributed by atoms with Crippen LogP contribution in [0.3, 0.4) is 0 Å². The predicted octanol–water partition coefficient (Wildman–Crippen LogP) is 4.20. The minimum atomic E-state index is -1.17. The Morgan fingerprint density at radius 3 is 2.81 bits per heavy atom. The Balaban J connectivity index is 1.46. The number of aromatic nitrogens is 2. The molecule has 2 fully saturated rings. The molecule has 9 heteroatoms. The van der Waals surface area contributed by atoms with Crippen molar-refractivity contribution in [2.24, 2.45) is 5.92 Å². The number of ether oxygens (including phenoxy) is 1.